The summed E-state index contributed by atoms with van der Waals surface area (Å²) in [5.74, 6) is 0.902. The average Bonchev–Trinajstić information content (AvgIpc) is 3.32. The number of aliphatic hydroxyl groups is 1. The Morgan fingerprint density at radius 3 is 2.59 bits per heavy atom. The fourth-order valence-corrected chi connectivity index (χ4v) is 3.33. The zero-order valence-corrected chi connectivity index (χ0v) is 15.8. The van der Waals surface area contributed by atoms with Crippen LogP contribution in [0.2, 0.25) is 0 Å². The number of fused-ring (bicyclic) bond motifs is 1. The number of nitrogens with zero attached hydrogens (tertiary/aromatic N) is 3. The molecule has 3 atom stereocenters. The predicted octanol–water partition coefficient (Wildman–Crippen LogP) is -0.320. The van der Waals surface area contributed by atoms with Gasteiger partial charge >= 0.3 is 0 Å². The van der Waals surface area contributed by atoms with Gasteiger partial charge in [0.25, 0.3) is 5.97 Å². The molecule has 2 aliphatic rings. The maximum absolute atomic E-state index is 11.2. The van der Waals surface area contributed by atoms with Crippen LogP contribution in [-0.4, -0.2) is 55.8 Å². The molecule has 1 aromatic heterocycles. The van der Waals surface area contributed by atoms with Gasteiger partial charge in [0.15, 0.2) is 17.3 Å². The van der Waals surface area contributed by atoms with Crippen LogP contribution in [0.5, 0.6) is 11.5 Å². The van der Waals surface area contributed by atoms with Crippen LogP contribution < -0.4 is 20.9 Å². The molecule has 29 heavy (non-hydrogen) atoms. The average molecular weight is 405 g/mol. The van der Waals surface area contributed by atoms with Gasteiger partial charge in [0.1, 0.15) is 5.82 Å². The SMILES string of the molecule is CC(=O)O.NC(=O)Cc1nc([C@H]2C[C@H](N)[C@@H](O)C2)n(-c2ccc3c(c2)OCO3)n1. The Bertz CT molecular complexity index is 900. The van der Waals surface area contributed by atoms with Gasteiger partial charge in [0.05, 0.1) is 18.2 Å². The van der Waals surface area contributed by atoms with Gasteiger partial charge < -0.3 is 31.2 Å². The molecule has 11 heteroatoms. The highest BCUT2D eigenvalue weighted by molar-refractivity contribution is 5.75. The lowest BCUT2D eigenvalue weighted by molar-refractivity contribution is -0.134. The van der Waals surface area contributed by atoms with E-state index in [9.17, 15) is 9.90 Å². The number of carbonyl (C=O) groups excluding carboxylic acids is 1. The molecule has 1 aromatic carbocycles. The molecule has 0 unspecified atom stereocenters. The molecule has 156 valence electrons. The van der Waals surface area contributed by atoms with Crippen molar-refractivity contribution < 1.29 is 29.3 Å². The van der Waals surface area contributed by atoms with Crippen LogP contribution in [0.1, 0.15) is 37.3 Å². The predicted molar refractivity (Wildman–Crippen MR) is 99.6 cm³/mol. The third-order valence-electron chi connectivity index (χ3n) is 4.55. The normalized spacial score (nSPS) is 22.1. The van der Waals surface area contributed by atoms with Crippen molar-refractivity contribution in [2.45, 2.75) is 44.2 Å². The standard InChI is InChI=1S/C16H19N5O4.C2H4O2/c17-10-3-8(4-11(10)22)16-19-15(6-14(18)23)20-21(16)9-1-2-12-13(5-9)25-7-24-12;1-2(3)4/h1-2,5,8,10-11,22H,3-4,6-7,17H2,(H2,18,23);1H3,(H,3,4)/t8-,10-,11-;/m0./s1. The molecule has 2 heterocycles. The van der Waals surface area contributed by atoms with E-state index in [2.05, 4.69) is 10.1 Å². The Labute approximate surface area is 166 Å². The molecule has 1 aliphatic carbocycles. The maximum Gasteiger partial charge on any atom is 0.300 e. The van der Waals surface area contributed by atoms with Crippen LogP contribution in [0.4, 0.5) is 0 Å². The maximum atomic E-state index is 11.2. The second kappa shape index (κ2) is 8.45. The summed E-state index contributed by atoms with van der Waals surface area (Å²) in [4.78, 5) is 24.7. The number of carboxylic acids is 1. The monoisotopic (exact) mass is 405 g/mol. The van der Waals surface area contributed by atoms with E-state index >= 15 is 0 Å². The topological polar surface area (TPSA) is 176 Å². The summed E-state index contributed by atoms with van der Waals surface area (Å²) >= 11 is 0. The summed E-state index contributed by atoms with van der Waals surface area (Å²) in [5.41, 5.74) is 11.9. The zero-order valence-electron chi connectivity index (χ0n) is 15.8. The molecule has 11 nitrogen and oxygen atoms in total. The number of aliphatic hydroxyl groups excluding tert-OH is 1. The van der Waals surface area contributed by atoms with Crippen molar-refractivity contribution in [1.29, 1.82) is 0 Å². The first-order valence-electron chi connectivity index (χ1n) is 9.02. The van der Waals surface area contributed by atoms with E-state index in [-0.39, 0.29) is 25.2 Å². The second-order valence-corrected chi connectivity index (χ2v) is 6.90. The Hall–Kier alpha value is -3.18. The number of ether oxygens (including phenoxy) is 2. The number of hydrogen-bond donors (Lipinski definition) is 4. The Balaban J connectivity index is 0.000000552. The lowest BCUT2D eigenvalue weighted by atomic mass is 10.1. The van der Waals surface area contributed by atoms with Gasteiger partial charge in [-0.05, 0) is 25.0 Å². The number of nitrogens with two attached hydrogens (primary N) is 2. The third-order valence-corrected chi connectivity index (χ3v) is 4.55. The number of benzene rings is 1. The summed E-state index contributed by atoms with van der Waals surface area (Å²) in [6, 6.07) is 5.14. The van der Waals surface area contributed by atoms with Gasteiger partial charge in [-0.15, -0.1) is 0 Å². The highest BCUT2D eigenvalue weighted by Gasteiger charge is 2.35. The first-order chi connectivity index (χ1) is 13.7. The van der Waals surface area contributed by atoms with Crippen molar-refractivity contribution in [3.63, 3.8) is 0 Å². The van der Waals surface area contributed by atoms with E-state index in [1.807, 2.05) is 6.07 Å². The molecule has 1 amide bonds. The lowest BCUT2D eigenvalue weighted by Crippen LogP contribution is -2.28. The molecule has 0 bridgehead atoms. The van der Waals surface area contributed by atoms with E-state index in [0.717, 1.165) is 12.6 Å². The van der Waals surface area contributed by atoms with Crippen molar-refractivity contribution in [1.82, 2.24) is 14.8 Å². The van der Waals surface area contributed by atoms with Crippen molar-refractivity contribution in [2.24, 2.45) is 11.5 Å². The van der Waals surface area contributed by atoms with E-state index in [1.54, 1.807) is 16.8 Å². The second-order valence-electron chi connectivity index (χ2n) is 6.90. The quantitative estimate of drug-likeness (QED) is 0.531. The largest absolute Gasteiger partial charge is 0.481 e. The van der Waals surface area contributed by atoms with Gasteiger partial charge in [0.2, 0.25) is 12.7 Å². The summed E-state index contributed by atoms with van der Waals surface area (Å²) in [7, 11) is 0. The van der Waals surface area contributed by atoms with Crippen LogP contribution in [0.3, 0.4) is 0 Å². The summed E-state index contributed by atoms with van der Waals surface area (Å²) in [5, 5.41) is 21.8. The number of carboxylic acid groups (broad SMARTS) is 1. The third kappa shape index (κ3) is 4.81. The number of amides is 1. The summed E-state index contributed by atoms with van der Waals surface area (Å²) < 4.78 is 12.4. The fourth-order valence-electron chi connectivity index (χ4n) is 3.33. The molecular weight excluding hydrogens is 382 g/mol. The van der Waals surface area contributed by atoms with Crippen LogP contribution in [0, 0.1) is 0 Å². The Morgan fingerprint density at radius 1 is 1.28 bits per heavy atom. The van der Waals surface area contributed by atoms with Gasteiger partial charge in [-0.2, -0.15) is 5.10 Å². The van der Waals surface area contributed by atoms with Gasteiger partial charge in [-0.3, -0.25) is 9.59 Å². The molecule has 6 N–H and O–H groups in total. The highest BCUT2D eigenvalue weighted by Crippen LogP contribution is 2.37. The number of aliphatic carboxylic acids is 1. The minimum atomic E-state index is -0.833. The molecule has 4 rings (SSSR count). The van der Waals surface area contributed by atoms with Crippen LogP contribution in [0.15, 0.2) is 18.2 Å². The van der Waals surface area contributed by atoms with Crippen molar-refractivity contribution in [3.05, 3.63) is 29.8 Å². The highest BCUT2D eigenvalue weighted by atomic mass is 16.7. The Kier molecular flexibility index (Phi) is 5.99. The first kappa shape index (κ1) is 20.6. The summed E-state index contributed by atoms with van der Waals surface area (Å²) in [6.45, 7) is 1.26. The molecule has 0 spiro atoms. The summed E-state index contributed by atoms with van der Waals surface area (Å²) in [6.07, 6.45) is 0.471. The van der Waals surface area contributed by atoms with Gasteiger partial charge in [-0.1, -0.05) is 0 Å². The zero-order chi connectivity index (χ0) is 21.1. The van der Waals surface area contributed by atoms with Crippen molar-refractivity contribution >= 4 is 11.9 Å². The van der Waals surface area contributed by atoms with Crippen LogP contribution >= 0.6 is 0 Å². The number of primary amides is 1. The minimum Gasteiger partial charge on any atom is -0.481 e. The first-order valence-corrected chi connectivity index (χ1v) is 9.02. The number of carbonyl (C=O) groups is 2. The molecule has 0 radical (unpaired) electrons. The van der Waals surface area contributed by atoms with E-state index < -0.39 is 18.0 Å². The van der Waals surface area contributed by atoms with E-state index in [1.165, 1.54) is 0 Å². The van der Waals surface area contributed by atoms with Crippen molar-refractivity contribution in [3.8, 4) is 17.2 Å². The molecule has 1 aliphatic heterocycles. The molecule has 1 fully saturated rings. The minimum absolute atomic E-state index is 0.0497. The van der Waals surface area contributed by atoms with E-state index in [4.69, 9.17) is 30.8 Å². The van der Waals surface area contributed by atoms with Gasteiger partial charge in [0, 0.05) is 24.9 Å². The number of aromatic nitrogens is 3. The number of hydrogen-bond acceptors (Lipinski definition) is 8. The molecule has 1 saturated carbocycles. The van der Waals surface area contributed by atoms with E-state index in [0.29, 0.717) is 36.0 Å². The molecule has 2 aromatic rings. The number of rotatable bonds is 4. The van der Waals surface area contributed by atoms with Crippen molar-refractivity contribution in [2.75, 3.05) is 6.79 Å². The Morgan fingerprint density at radius 2 is 1.97 bits per heavy atom. The molecule has 0 saturated heterocycles. The van der Waals surface area contributed by atoms with Gasteiger partial charge in [-0.25, -0.2) is 9.67 Å². The molecular formula is C18H23N5O6. The fraction of sp³-hybridized carbons (Fsp3) is 0.444. The van der Waals surface area contributed by atoms with Crippen LogP contribution in [-0.2, 0) is 16.0 Å². The smallest absolute Gasteiger partial charge is 0.300 e. The van der Waals surface area contributed by atoms with Crippen LogP contribution in [0.25, 0.3) is 5.69 Å². The lowest BCUT2D eigenvalue weighted by Gasteiger charge is -2.11.